The Bertz CT molecular complexity index is 427. The molecule has 0 saturated heterocycles. The molecule has 0 atom stereocenters. The van der Waals surface area contributed by atoms with Crippen LogP contribution in [0.3, 0.4) is 0 Å². The van der Waals surface area contributed by atoms with Crippen molar-refractivity contribution in [2.45, 2.75) is 13.8 Å². The van der Waals surface area contributed by atoms with Crippen LogP contribution in [-0.2, 0) is 4.79 Å². The number of nitrogens with one attached hydrogen (secondary N) is 1. The van der Waals surface area contributed by atoms with Gasteiger partial charge in [-0.1, -0.05) is 12.2 Å². The molecule has 0 aliphatic heterocycles. The number of hydrogen-bond donors (Lipinski definition) is 2. The highest BCUT2D eigenvalue weighted by atomic mass is 19.1. The van der Waals surface area contributed by atoms with E-state index >= 15 is 0 Å². The molecule has 3 nitrogen and oxygen atoms in total. The summed E-state index contributed by atoms with van der Waals surface area (Å²) in [7, 11) is 0. The van der Waals surface area contributed by atoms with Crippen molar-refractivity contribution in [2.24, 2.45) is 0 Å². The van der Waals surface area contributed by atoms with Crippen LogP contribution in [0.5, 0.6) is 5.75 Å². The molecule has 0 aliphatic carbocycles. The van der Waals surface area contributed by atoms with Crippen LogP contribution >= 0.6 is 0 Å². The van der Waals surface area contributed by atoms with Gasteiger partial charge in [0, 0.05) is 19.0 Å². The maximum absolute atomic E-state index is 13.0. The van der Waals surface area contributed by atoms with Gasteiger partial charge in [0.05, 0.1) is 0 Å². The zero-order chi connectivity index (χ0) is 12.1. The van der Waals surface area contributed by atoms with Crippen LogP contribution in [0.2, 0.25) is 0 Å². The molecule has 16 heavy (non-hydrogen) atoms. The minimum Gasteiger partial charge on any atom is -0.507 e. The van der Waals surface area contributed by atoms with Crippen molar-refractivity contribution in [1.82, 2.24) is 5.32 Å². The van der Waals surface area contributed by atoms with Crippen LogP contribution in [0.15, 0.2) is 18.2 Å². The van der Waals surface area contributed by atoms with E-state index in [0.717, 1.165) is 0 Å². The summed E-state index contributed by atoms with van der Waals surface area (Å²) < 4.78 is 13.0. The molecule has 1 rings (SSSR count). The van der Waals surface area contributed by atoms with Crippen LogP contribution in [0.25, 0.3) is 6.08 Å². The normalized spacial score (nSPS) is 10.7. The molecule has 1 amide bonds. The van der Waals surface area contributed by atoms with Crippen LogP contribution in [0, 0.1) is 12.7 Å². The lowest BCUT2D eigenvalue weighted by atomic mass is 10.1. The molecule has 0 aromatic heterocycles. The maximum Gasteiger partial charge on any atom is 0.217 e. The Labute approximate surface area is 93.6 Å². The Morgan fingerprint density at radius 1 is 1.56 bits per heavy atom. The molecular weight excluding hydrogens is 209 g/mol. The van der Waals surface area contributed by atoms with Gasteiger partial charge >= 0.3 is 0 Å². The molecule has 1 aromatic carbocycles. The minimum atomic E-state index is -0.394. The molecular formula is C12H14FNO2. The zero-order valence-corrected chi connectivity index (χ0v) is 9.25. The maximum atomic E-state index is 13.0. The molecule has 1 aromatic rings. The quantitative estimate of drug-likeness (QED) is 0.823. The molecule has 86 valence electrons. The highest BCUT2D eigenvalue weighted by Crippen LogP contribution is 2.24. The van der Waals surface area contributed by atoms with Gasteiger partial charge in [-0.15, -0.1) is 0 Å². The van der Waals surface area contributed by atoms with Gasteiger partial charge in [-0.3, -0.25) is 4.79 Å². The zero-order valence-electron chi connectivity index (χ0n) is 9.25. The largest absolute Gasteiger partial charge is 0.507 e. The van der Waals surface area contributed by atoms with E-state index in [2.05, 4.69) is 5.32 Å². The Morgan fingerprint density at radius 3 is 2.88 bits per heavy atom. The molecule has 0 radical (unpaired) electrons. The number of amides is 1. The number of phenols is 1. The van der Waals surface area contributed by atoms with E-state index in [1.807, 2.05) is 0 Å². The van der Waals surface area contributed by atoms with Gasteiger partial charge in [-0.2, -0.15) is 0 Å². The number of benzene rings is 1. The monoisotopic (exact) mass is 223 g/mol. The third kappa shape index (κ3) is 3.38. The molecule has 0 aliphatic rings. The number of aryl methyl sites for hydroxylation is 1. The fourth-order valence-corrected chi connectivity index (χ4v) is 1.28. The minimum absolute atomic E-state index is 0.0560. The number of aromatic hydroxyl groups is 1. The van der Waals surface area contributed by atoms with E-state index in [1.54, 1.807) is 19.1 Å². The Morgan fingerprint density at radius 2 is 2.25 bits per heavy atom. The smallest absolute Gasteiger partial charge is 0.217 e. The summed E-state index contributed by atoms with van der Waals surface area (Å²) in [6.07, 6.45) is 3.22. The first-order chi connectivity index (χ1) is 7.50. The molecule has 0 heterocycles. The topological polar surface area (TPSA) is 49.3 Å². The van der Waals surface area contributed by atoms with Gasteiger partial charge in [0.1, 0.15) is 11.6 Å². The van der Waals surface area contributed by atoms with Crippen molar-refractivity contribution in [2.75, 3.05) is 6.54 Å². The summed E-state index contributed by atoms with van der Waals surface area (Å²) in [6.45, 7) is 3.39. The predicted molar refractivity (Wildman–Crippen MR) is 60.5 cm³/mol. The first kappa shape index (κ1) is 12.2. The molecule has 0 saturated carbocycles. The standard InChI is InChI=1S/C12H14FNO2/c1-8-6-11(13)7-10(12(8)16)4-3-5-14-9(2)15/h3-4,6-7,16H,5H2,1-2H3,(H,14,15). The third-order valence-electron chi connectivity index (χ3n) is 2.06. The van der Waals surface area contributed by atoms with Crippen molar-refractivity contribution in [3.63, 3.8) is 0 Å². The SMILES string of the molecule is CC(=O)NCC=Cc1cc(F)cc(C)c1O. The molecule has 4 heteroatoms. The summed E-state index contributed by atoms with van der Waals surface area (Å²) in [6, 6.07) is 2.51. The average molecular weight is 223 g/mol. The molecule has 2 N–H and O–H groups in total. The van der Waals surface area contributed by atoms with E-state index in [4.69, 9.17) is 0 Å². The van der Waals surface area contributed by atoms with Crippen LogP contribution in [-0.4, -0.2) is 17.6 Å². The van der Waals surface area contributed by atoms with Gasteiger partial charge in [0.2, 0.25) is 5.91 Å². The second kappa shape index (κ2) is 5.30. The Hall–Kier alpha value is -1.84. The number of carbonyl (C=O) groups excluding carboxylic acids is 1. The van der Waals surface area contributed by atoms with Crippen molar-refractivity contribution >= 4 is 12.0 Å². The van der Waals surface area contributed by atoms with E-state index in [9.17, 15) is 14.3 Å². The van der Waals surface area contributed by atoms with E-state index in [-0.39, 0.29) is 11.7 Å². The highest BCUT2D eigenvalue weighted by Gasteiger charge is 2.03. The van der Waals surface area contributed by atoms with Crippen LogP contribution in [0.1, 0.15) is 18.1 Å². The van der Waals surface area contributed by atoms with Crippen molar-refractivity contribution < 1.29 is 14.3 Å². The number of carbonyl (C=O) groups is 1. The first-order valence-corrected chi connectivity index (χ1v) is 4.91. The summed E-state index contributed by atoms with van der Waals surface area (Å²) in [5.74, 6) is -0.473. The molecule has 0 bridgehead atoms. The van der Waals surface area contributed by atoms with Crippen molar-refractivity contribution in [1.29, 1.82) is 0 Å². The van der Waals surface area contributed by atoms with Crippen LogP contribution < -0.4 is 5.32 Å². The second-order valence-electron chi connectivity index (χ2n) is 3.50. The molecule has 0 spiro atoms. The van der Waals surface area contributed by atoms with Gasteiger partial charge in [-0.25, -0.2) is 4.39 Å². The van der Waals surface area contributed by atoms with Crippen molar-refractivity contribution in [3.05, 3.63) is 35.2 Å². The Kier molecular flexibility index (Phi) is 4.05. The van der Waals surface area contributed by atoms with Gasteiger partial charge < -0.3 is 10.4 Å². The van der Waals surface area contributed by atoms with E-state index in [0.29, 0.717) is 17.7 Å². The lowest BCUT2D eigenvalue weighted by Crippen LogP contribution is -2.19. The number of hydrogen-bond acceptors (Lipinski definition) is 2. The summed E-state index contributed by atoms with van der Waals surface area (Å²) in [5, 5.41) is 12.2. The fraction of sp³-hybridized carbons (Fsp3) is 0.250. The molecule has 0 fully saturated rings. The first-order valence-electron chi connectivity index (χ1n) is 4.91. The predicted octanol–water partition coefficient (Wildman–Crippen LogP) is 1.99. The number of halogens is 1. The average Bonchev–Trinajstić information content (AvgIpc) is 2.19. The lowest BCUT2D eigenvalue weighted by molar-refractivity contribution is -0.118. The van der Waals surface area contributed by atoms with Gasteiger partial charge in [0.25, 0.3) is 0 Å². The summed E-state index contributed by atoms with van der Waals surface area (Å²) in [5.41, 5.74) is 0.891. The van der Waals surface area contributed by atoms with Gasteiger partial charge in [0.15, 0.2) is 0 Å². The fourth-order valence-electron chi connectivity index (χ4n) is 1.28. The van der Waals surface area contributed by atoms with E-state index in [1.165, 1.54) is 19.1 Å². The molecule has 0 unspecified atom stereocenters. The van der Waals surface area contributed by atoms with Crippen LogP contribution in [0.4, 0.5) is 4.39 Å². The van der Waals surface area contributed by atoms with Gasteiger partial charge in [-0.05, 0) is 24.6 Å². The third-order valence-corrected chi connectivity index (χ3v) is 2.06. The summed E-state index contributed by atoms with van der Waals surface area (Å²) >= 11 is 0. The lowest BCUT2D eigenvalue weighted by Gasteiger charge is -2.03. The highest BCUT2D eigenvalue weighted by molar-refractivity contribution is 5.73. The van der Waals surface area contributed by atoms with Crippen molar-refractivity contribution in [3.8, 4) is 5.75 Å². The number of phenolic OH excluding ortho intramolecular Hbond substituents is 1. The van der Waals surface area contributed by atoms with E-state index < -0.39 is 5.82 Å². The number of rotatable bonds is 3. The summed E-state index contributed by atoms with van der Waals surface area (Å²) in [4.78, 5) is 10.6. The second-order valence-corrected chi connectivity index (χ2v) is 3.50. The Balaban J connectivity index is 2.77.